The molecule has 0 unspecified atom stereocenters. The lowest BCUT2D eigenvalue weighted by atomic mass is 10.1. The van der Waals surface area contributed by atoms with Gasteiger partial charge in [0.1, 0.15) is 5.82 Å². The van der Waals surface area contributed by atoms with Crippen molar-refractivity contribution in [2.45, 2.75) is 26.3 Å². The van der Waals surface area contributed by atoms with Crippen LogP contribution >= 0.6 is 0 Å². The summed E-state index contributed by atoms with van der Waals surface area (Å²) in [4.78, 5) is 21.0. The van der Waals surface area contributed by atoms with Crippen LogP contribution in [-0.2, 0) is 6.54 Å². The summed E-state index contributed by atoms with van der Waals surface area (Å²) in [6, 6.07) is 15.5. The molecule has 0 saturated heterocycles. The number of nitrogens with zero attached hydrogens (tertiary/aromatic N) is 4. The van der Waals surface area contributed by atoms with Crippen LogP contribution in [0.25, 0.3) is 16.9 Å². The van der Waals surface area contributed by atoms with Crippen molar-refractivity contribution in [1.82, 2.24) is 19.7 Å². The number of aromatic nitrogens is 4. The highest BCUT2D eigenvalue weighted by Crippen LogP contribution is 2.25. The van der Waals surface area contributed by atoms with Crippen LogP contribution < -0.4 is 11.1 Å². The van der Waals surface area contributed by atoms with Crippen molar-refractivity contribution in [1.29, 1.82) is 0 Å². The molecule has 3 N–H and O–H groups in total. The first kappa shape index (κ1) is 18.6. The number of rotatable bonds is 6. The van der Waals surface area contributed by atoms with E-state index in [1.165, 1.54) is 0 Å². The molecule has 29 heavy (non-hydrogen) atoms. The second kappa shape index (κ2) is 7.71. The number of anilines is 1. The summed E-state index contributed by atoms with van der Waals surface area (Å²) in [5.41, 5.74) is 8.83. The van der Waals surface area contributed by atoms with Gasteiger partial charge in [0.05, 0.1) is 17.3 Å². The van der Waals surface area contributed by atoms with E-state index >= 15 is 0 Å². The van der Waals surface area contributed by atoms with Gasteiger partial charge in [0.15, 0.2) is 0 Å². The average Bonchev–Trinajstić information content (AvgIpc) is 3.16. The maximum absolute atomic E-state index is 11.7. The topological polar surface area (TPSA) is 98.7 Å². The molecule has 0 saturated carbocycles. The van der Waals surface area contributed by atoms with E-state index in [0.29, 0.717) is 23.4 Å². The summed E-state index contributed by atoms with van der Waals surface area (Å²) >= 11 is 0. The summed E-state index contributed by atoms with van der Waals surface area (Å²) in [6.45, 7) is 4.87. The van der Waals surface area contributed by atoms with Crippen molar-refractivity contribution < 1.29 is 4.79 Å². The Hall–Kier alpha value is -3.74. The van der Waals surface area contributed by atoms with Gasteiger partial charge in [-0.05, 0) is 23.6 Å². The first-order valence-electron chi connectivity index (χ1n) is 9.46. The largest absolute Gasteiger partial charge is 0.366 e. The van der Waals surface area contributed by atoms with E-state index in [2.05, 4.69) is 41.4 Å². The zero-order valence-electron chi connectivity index (χ0n) is 16.3. The van der Waals surface area contributed by atoms with Crippen LogP contribution in [0.1, 0.15) is 41.3 Å². The molecule has 2 aromatic carbocycles. The number of amides is 1. The number of nitrogens with two attached hydrogens (primary N) is 1. The average molecular weight is 386 g/mol. The summed E-state index contributed by atoms with van der Waals surface area (Å²) in [7, 11) is 0. The number of benzene rings is 2. The van der Waals surface area contributed by atoms with E-state index in [-0.39, 0.29) is 5.92 Å². The van der Waals surface area contributed by atoms with E-state index in [4.69, 9.17) is 10.7 Å². The number of hydrogen-bond acceptors (Lipinski definition) is 5. The van der Waals surface area contributed by atoms with Gasteiger partial charge >= 0.3 is 0 Å². The van der Waals surface area contributed by atoms with Gasteiger partial charge in [-0.3, -0.25) is 4.79 Å². The molecule has 0 bridgehead atoms. The minimum Gasteiger partial charge on any atom is -0.366 e. The third-order valence-corrected chi connectivity index (χ3v) is 4.80. The van der Waals surface area contributed by atoms with Gasteiger partial charge in [0.2, 0.25) is 5.91 Å². The minimum absolute atomic E-state index is 0.262. The van der Waals surface area contributed by atoms with Gasteiger partial charge in [-0.2, -0.15) is 14.8 Å². The van der Waals surface area contributed by atoms with E-state index < -0.39 is 5.91 Å². The molecule has 2 aromatic heterocycles. The highest BCUT2D eigenvalue weighted by Gasteiger charge is 2.16. The summed E-state index contributed by atoms with van der Waals surface area (Å²) in [5, 5.41) is 8.50. The Morgan fingerprint density at radius 3 is 2.62 bits per heavy atom. The summed E-state index contributed by atoms with van der Waals surface area (Å²) < 4.78 is 1.62. The summed E-state index contributed by atoms with van der Waals surface area (Å²) in [6.07, 6.45) is 3.44. The number of carbonyl (C=O) groups excluding carboxylic acids is 1. The molecule has 4 aromatic rings. The number of carbonyl (C=O) groups is 1. The fraction of sp³-hybridized carbons (Fsp3) is 0.182. The van der Waals surface area contributed by atoms with Crippen LogP contribution in [0.15, 0.2) is 60.9 Å². The van der Waals surface area contributed by atoms with E-state index in [1.54, 1.807) is 23.0 Å². The lowest BCUT2D eigenvalue weighted by Crippen LogP contribution is -2.12. The van der Waals surface area contributed by atoms with Crippen molar-refractivity contribution in [2.24, 2.45) is 5.73 Å². The zero-order chi connectivity index (χ0) is 20.4. The van der Waals surface area contributed by atoms with Crippen LogP contribution in [-0.4, -0.2) is 25.7 Å². The minimum atomic E-state index is -0.489. The molecule has 0 radical (unpaired) electrons. The van der Waals surface area contributed by atoms with Crippen LogP contribution in [0, 0.1) is 0 Å². The Labute approximate surface area is 168 Å². The van der Waals surface area contributed by atoms with Crippen molar-refractivity contribution >= 4 is 22.6 Å². The second-order valence-electron chi connectivity index (χ2n) is 7.13. The van der Waals surface area contributed by atoms with Crippen LogP contribution in [0.3, 0.4) is 0 Å². The number of fused-ring (bicyclic) bond motifs is 1. The van der Waals surface area contributed by atoms with Crippen molar-refractivity contribution in [3.05, 3.63) is 77.6 Å². The molecule has 7 nitrogen and oxygen atoms in total. The Kier molecular flexibility index (Phi) is 4.95. The molecule has 2 heterocycles. The van der Waals surface area contributed by atoms with Gasteiger partial charge in [-0.1, -0.05) is 50.2 Å². The monoisotopic (exact) mass is 386 g/mol. The molecule has 0 aliphatic rings. The fourth-order valence-electron chi connectivity index (χ4n) is 3.25. The first-order valence-corrected chi connectivity index (χ1v) is 9.46. The third kappa shape index (κ3) is 3.67. The molecule has 4 rings (SSSR count). The molecule has 1 amide bonds. The normalized spacial score (nSPS) is 11.1. The smallest absolute Gasteiger partial charge is 0.253 e. The van der Waals surface area contributed by atoms with Gasteiger partial charge in [0, 0.05) is 23.7 Å². The quantitative estimate of drug-likeness (QED) is 0.527. The van der Waals surface area contributed by atoms with E-state index in [0.717, 1.165) is 22.5 Å². The highest BCUT2D eigenvalue weighted by atomic mass is 16.1. The van der Waals surface area contributed by atoms with E-state index in [9.17, 15) is 4.79 Å². The van der Waals surface area contributed by atoms with Gasteiger partial charge in [-0.25, -0.2) is 4.98 Å². The predicted molar refractivity (Wildman–Crippen MR) is 113 cm³/mol. The molecule has 0 aliphatic heterocycles. The van der Waals surface area contributed by atoms with Crippen LogP contribution in [0.5, 0.6) is 0 Å². The Morgan fingerprint density at radius 2 is 1.90 bits per heavy atom. The zero-order valence-corrected chi connectivity index (χ0v) is 16.3. The standard InChI is InChI=1S/C22H22N6O/c1-14(2)17-12-25-22(27-21(17)24-11-15-7-4-3-5-8-15)28-19-10-6-9-16(20(23)29)18(19)13-26-28/h3-10,12-14H,11H2,1-2H3,(H2,23,29)(H,24,25,27). The van der Waals surface area contributed by atoms with E-state index in [1.807, 2.05) is 30.5 Å². The Morgan fingerprint density at radius 1 is 1.10 bits per heavy atom. The second-order valence-corrected chi connectivity index (χ2v) is 7.13. The molecule has 0 spiro atoms. The lowest BCUT2D eigenvalue weighted by Gasteiger charge is -2.15. The molecule has 0 fully saturated rings. The van der Waals surface area contributed by atoms with Gasteiger partial charge < -0.3 is 11.1 Å². The maximum Gasteiger partial charge on any atom is 0.253 e. The summed E-state index contributed by atoms with van der Waals surface area (Å²) in [5.74, 6) is 0.972. The molecule has 0 atom stereocenters. The Balaban J connectivity index is 1.74. The third-order valence-electron chi connectivity index (χ3n) is 4.80. The van der Waals surface area contributed by atoms with Crippen molar-refractivity contribution in [3.63, 3.8) is 0 Å². The van der Waals surface area contributed by atoms with Crippen molar-refractivity contribution in [2.75, 3.05) is 5.32 Å². The molecule has 0 aliphatic carbocycles. The lowest BCUT2D eigenvalue weighted by molar-refractivity contribution is 0.100. The molecular formula is C22H22N6O. The van der Waals surface area contributed by atoms with Gasteiger partial charge in [0.25, 0.3) is 5.95 Å². The molecule has 7 heteroatoms. The Bertz CT molecular complexity index is 1170. The van der Waals surface area contributed by atoms with Crippen LogP contribution in [0.4, 0.5) is 5.82 Å². The molecular weight excluding hydrogens is 364 g/mol. The first-order chi connectivity index (χ1) is 14.0. The highest BCUT2D eigenvalue weighted by molar-refractivity contribution is 6.05. The SMILES string of the molecule is CC(C)c1cnc(-n2ncc3c(C(N)=O)cccc32)nc1NCc1ccccc1. The molecule has 146 valence electrons. The number of primary amides is 1. The van der Waals surface area contributed by atoms with Gasteiger partial charge in [-0.15, -0.1) is 0 Å². The number of hydrogen-bond donors (Lipinski definition) is 2. The maximum atomic E-state index is 11.7. The predicted octanol–water partition coefficient (Wildman–Crippen LogP) is 3.65. The fourth-order valence-corrected chi connectivity index (χ4v) is 3.25. The van der Waals surface area contributed by atoms with Crippen molar-refractivity contribution in [3.8, 4) is 5.95 Å². The van der Waals surface area contributed by atoms with Crippen LogP contribution in [0.2, 0.25) is 0 Å². The number of nitrogens with one attached hydrogen (secondary N) is 1.